The molecule has 10 nitrogen and oxygen atoms in total. The second-order valence-electron chi connectivity index (χ2n) is 15.3. The van der Waals surface area contributed by atoms with Gasteiger partial charge in [0, 0.05) is 48.6 Å². The van der Waals surface area contributed by atoms with Crippen LogP contribution in [0.5, 0.6) is 17.2 Å². The smallest absolute Gasteiger partial charge is 0.415 e. The van der Waals surface area contributed by atoms with Crippen LogP contribution in [0, 0.1) is 13.8 Å². The maximum Gasteiger partial charge on any atom is 0.415 e. The third-order valence-electron chi connectivity index (χ3n) is 10.0. The van der Waals surface area contributed by atoms with Crippen molar-refractivity contribution in [3.8, 4) is 40.2 Å². The molecule has 2 heterocycles. The molecule has 5 aromatic carbocycles. The third kappa shape index (κ3) is 14.3. The van der Waals surface area contributed by atoms with E-state index in [0.717, 1.165) is 83.4 Å². The molecule has 7 aromatic rings. The normalized spacial score (nSPS) is 10.9. The molecule has 11 heteroatoms. The molecule has 0 spiro atoms. The van der Waals surface area contributed by atoms with Crippen LogP contribution in [-0.2, 0) is 25.9 Å². The SMILES string of the molecule is CCCN(C)Cc1cccc(OCCc2nc(-c3ccccc3)oc2C)c1.CCCN(Cc1cccc(OCCc2nc(-c3ccccc3)oc2C)c1)C(=O)Oc1cccc(Cl)c1. The van der Waals surface area contributed by atoms with Gasteiger partial charge in [-0.3, -0.25) is 0 Å². The highest BCUT2D eigenvalue weighted by atomic mass is 35.5. The molecule has 0 saturated heterocycles. The number of ether oxygens (including phenoxy) is 3. The molecule has 0 unspecified atom stereocenters. The van der Waals surface area contributed by atoms with E-state index < -0.39 is 6.09 Å². The van der Waals surface area contributed by atoms with Gasteiger partial charge in [0.25, 0.3) is 0 Å². The first-order chi connectivity index (χ1) is 30.7. The number of oxazole rings is 2. The zero-order chi connectivity index (χ0) is 44.4. The highest BCUT2D eigenvalue weighted by Gasteiger charge is 2.17. The van der Waals surface area contributed by atoms with E-state index in [4.69, 9.17) is 34.6 Å². The first kappa shape index (κ1) is 46.2. The molecular formula is C52H57ClN4O6. The number of benzene rings is 5. The first-order valence-electron chi connectivity index (χ1n) is 21.5. The zero-order valence-corrected chi connectivity index (χ0v) is 37.6. The molecule has 0 radical (unpaired) electrons. The highest BCUT2D eigenvalue weighted by Crippen LogP contribution is 2.25. The molecule has 328 valence electrons. The number of carbonyl (C=O) groups excluding carboxylic acids is 1. The van der Waals surface area contributed by atoms with E-state index in [-0.39, 0.29) is 0 Å². The Morgan fingerprint density at radius 3 is 1.60 bits per heavy atom. The van der Waals surface area contributed by atoms with Crippen LogP contribution in [0.1, 0.15) is 60.7 Å². The lowest BCUT2D eigenvalue weighted by Crippen LogP contribution is -2.33. The van der Waals surface area contributed by atoms with Crippen molar-refractivity contribution in [2.24, 2.45) is 0 Å². The van der Waals surface area contributed by atoms with Crippen LogP contribution in [0.2, 0.25) is 5.02 Å². The average molecular weight is 870 g/mol. The van der Waals surface area contributed by atoms with Gasteiger partial charge in [0.05, 0.1) is 24.6 Å². The van der Waals surface area contributed by atoms with E-state index >= 15 is 0 Å². The van der Waals surface area contributed by atoms with Gasteiger partial charge in [0.1, 0.15) is 28.8 Å². The monoisotopic (exact) mass is 868 g/mol. The number of hydrogen-bond donors (Lipinski definition) is 0. The largest absolute Gasteiger partial charge is 0.493 e. The summed E-state index contributed by atoms with van der Waals surface area (Å²) >= 11 is 6.01. The van der Waals surface area contributed by atoms with E-state index in [1.165, 1.54) is 5.56 Å². The predicted octanol–water partition coefficient (Wildman–Crippen LogP) is 12.4. The lowest BCUT2D eigenvalue weighted by molar-refractivity contribution is 0.149. The van der Waals surface area contributed by atoms with Crippen LogP contribution >= 0.6 is 11.6 Å². The van der Waals surface area contributed by atoms with Crippen molar-refractivity contribution in [1.29, 1.82) is 0 Å². The van der Waals surface area contributed by atoms with Crippen LogP contribution in [0.3, 0.4) is 0 Å². The van der Waals surface area contributed by atoms with Crippen LogP contribution in [-0.4, -0.2) is 59.2 Å². The number of carbonyl (C=O) groups is 1. The van der Waals surface area contributed by atoms with Crippen molar-refractivity contribution in [3.63, 3.8) is 0 Å². The van der Waals surface area contributed by atoms with Gasteiger partial charge >= 0.3 is 6.09 Å². The lowest BCUT2D eigenvalue weighted by Gasteiger charge is -2.22. The molecule has 0 aliphatic heterocycles. The fraction of sp³-hybridized carbons (Fsp3) is 0.288. The summed E-state index contributed by atoms with van der Waals surface area (Å²) in [5.41, 5.74) is 6.00. The fourth-order valence-electron chi connectivity index (χ4n) is 6.92. The Morgan fingerprint density at radius 1 is 0.603 bits per heavy atom. The summed E-state index contributed by atoms with van der Waals surface area (Å²) < 4.78 is 29.1. The number of amides is 1. The topological polar surface area (TPSA) is 103 Å². The highest BCUT2D eigenvalue weighted by molar-refractivity contribution is 6.30. The van der Waals surface area contributed by atoms with Crippen molar-refractivity contribution in [2.45, 2.75) is 66.5 Å². The van der Waals surface area contributed by atoms with E-state index in [1.807, 2.05) is 112 Å². The molecular weight excluding hydrogens is 812 g/mol. The Morgan fingerprint density at radius 2 is 1.10 bits per heavy atom. The zero-order valence-electron chi connectivity index (χ0n) is 36.9. The number of rotatable bonds is 19. The number of halogens is 1. The Bertz CT molecular complexity index is 2470. The molecule has 2 aromatic heterocycles. The molecule has 0 bridgehead atoms. The summed E-state index contributed by atoms with van der Waals surface area (Å²) in [7, 11) is 2.15. The van der Waals surface area contributed by atoms with Crippen LogP contribution < -0.4 is 14.2 Å². The van der Waals surface area contributed by atoms with Crippen molar-refractivity contribution in [1.82, 2.24) is 19.8 Å². The number of aryl methyl sites for hydroxylation is 2. The Hall–Kier alpha value is -6.36. The van der Waals surface area contributed by atoms with E-state index in [2.05, 4.69) is 47.0 Å². The number of aromatic nitrogens is 2. The summed E-state index contributed by atoms with van der Waals surface area (Å²) in [6, 6.07) is 42.7. The van der Waals surface area contributed by atoms with Gasteiger partial charge in [0.15, 0.2) is 0 Å². The first-order valence-corrected chi connectivity index (χ1v) is 21.9. The minimum atomic E-state index is -0.416. The molecule has 7 rings (SSSR count). The molecule has 0 N–H and O–H groups in total. The average Bonchev–Trinajstić information content (AvgIpc) is 3.85. The van der Waals surface area contributed by atoms with Crippen molar-refractivity contribution >= 4 is 17.7 Å². The number of hydrogen-bond acceptors (Lipinski definition) is 9. The maximum atomic E-state index is 12.8. The van der Waals surface area contributed by atoms with E-state index in [1.54, 1.807) is 29.2 Å². The molecule has 1 amide bonds. The summed E-state index contributed by atoms with van der Waals surface area (Å²) in [6.45, 7) is 12.1. The molecule has 0 fully saturated rings. The van der Waals surface area contributed by atoms with Crippen LogP contribution in [0.25, 0.3) is 22.9 Å². The van der Waals surface area contributed by atoms with Crippen molar-refractivity contribution in [3.05, 3.63) is 173 Å². The van der Waals surface area contributed by atoms with Gasteiger partial charge < -0.3 is 32.8 Å². The number of nitrogens with zero attached hydrogens (tertiary/aromatic N) is 4. The summed E-state index contributed by atoms with van der Waals surface area (Å²) in [5, 5.41) is 0.518. The quantitative estimate of drug-likeness (QED) is 0.0786. The van der Waals surface area contributed by atoms with Crippen LogP contribution in [0.15, 0.2) is 142 Å². The van der Waals surface area contributed by atoms with Crippen molar-refractivity contribution < 1.29 is 27.8 Å². The standard InChI is InChI=1S/C29H29ClN2O4.C23H28N2O2/c1-3-16-32(29(33)36-26-14-8-12-24(30)19-26)20-22-9-7-13-25(18-22)34-17-15-27-21(2)35-28(31-27)23-10-5-4-6-11-23;1-4-14-25(3)17-19-9-8-12-21(16-19)26-15-13-22-18(2)27-23(24-22)20-10-6-5-7-11-20/h4-14,18-19H,3,15-17,20H2,1-2H3;5-12,16H,4,13-15,17H2,1-3H3. The van der Waals surface area contributed by atoms with E-state index in [9.17, 15) is 4.79 Å². The van der Waals surface area contributed by atoms with Gasteiger partial charge in [-0.25, -0.2) is 14.8 Å². The summed E-state index contributed by atoms with van der Waals surface area (Å²) in [4.78, 5) is 26.0. The Labute approximate surface area is 376 Å². The fourth-order valence-corrected chi connectivity index (χ4v) is 7.10. The van der Waals surface area contributed by atoms with Gasteiger partial charge in [-0.1, -0.05) is 92.2 Å². The second kappa shape index (κ2) is 23.7. The maximum absolute atomic E-state index is 12.8. The third-order valence-corrected chi connectivity index (χ3v) is 10.3. The van der Waals surface area contributed by atoms with Crippen molar-refractivity contribution in [2.75, 3.05) is 33.4 Å². The summed E-state index contributed by atoms with van der Waals surface area (Å²) in [5.74, 6) is 4.99. The Kier molecular flexibility index (Phi) is 17.4. The summed E-state index contributed by atoms with van der Waals surface area (Å²) in [6.07, 6.45) is 2.90. The van der Waals surface area contributed by atoms with Gasteiger partial charge in [-0.2, -0.15) is 0 Å². The van der Waals surface area contributed by atoms with E-state index in [0.29, 0.717) is 55.3 Å². The molecule has 0 aliphatic carbocycles. The lowest BCUT2D eigenvalue weighted by atomic mass is 10.2. The molecule has 0 saturated carbocycles. The van der Waals surface area contributed by atoms with Gasteiger partial charge in [-0.05, 0) is 118 Å². The predicted molar refractivity (Wildman–Crippen MR) is 249 cm³/mol. The molecule has 63 heavy (non-hydrogen) atoms. The van der Waals surface area contributed by atoms with Gasteiger partial charge in [0.2, 0.25) is 11.8 Å². The minimum Gasteiger partial charge on any atom is -0.493 e. The molecule has 0 atom stereocenters. The Balaban J connectivity index is 0.000000219. The van der Waals surface area contributed by atoms with Crippen LogP contribution in [0.4, 0.5) is 4.79 Å². The molecule has 0 aliphatic rings. The van der Waals surface area contributed by atoms with Gasteiger partial charge in [-0.15, -0.1) is 0 Å². The second-order valence-corrected chi connectivity index (χ2v) is 15.7. The minimum absolute atomic E-state index is 0.410.